The molecule has 0 bridgehead atoms. The average Bonchev–Trinajstić information content (AvgIpc) is 2.05. The Labute approximate surface area is 87.2 Å². The Hall–Kier alpha value is -0.318. The van der Waals surface area contributed by atoms with Gasteiger partial charge in [-0.05, 0) is 17.7 Å². The van der Waals surface area contributed by atoms with Crippen molar-refractivity contribution in [2.45, 2.75) is 0 Å². The van der Waals surface area contributed by atoms with Gasteiger partial charge in [-0.25, -0.2) is 0 Å². The van der Waals surface area contributed by atoms with Gasteiger partial charge in [0.15, 0.2) is 0 Å². The summed E-state index contributed by atoms with van der Waals surface area (Å²) in [5, 5.41) is 0. The number of hydrogen-bond acceptors (Lipinski definition) is 1. The van der Waals surface area contributed by atoms with E-state index >= 15 is 0 Å². The van der Waals surface area contributed by atoms with Crippen LogP contribution in [0.15, 0.2) is 30.8 Å². The van der Waals surface area contributed by atoms with Crippen LogP contribution in [0.25, 0.3) is 6.08 Å². The summed E-state index contributed by atoms with van der Waals surface area (Å²) in [6.45, 7) is 3.65. The van der Waals surface area contributed by atoms with E-state index in [4.69, 9.17) is 4.74 Å². The molecular formula is C9H10OPb. The summed E-state index contributed by atoms with van der Waals surface area (Å²) in [4.78, 5) is 0. The molecule has 0 atom stereocenters. The SMILES string of the molecule is C=Cc1ccc(OC)cc1.[Pb]. The van der Waals surface area contributed by atoms with Crippen LogP contribution in [-0.2, 0) is 0 Å². The van der Waals surface area contributed by atoms with Gasteiger partial charge >= 0.3 is 0 Å². The van der Waals surface area contributed by atoms with E-state index in [1.807, 2.05) is 24.3 Å². The predicted molar refractivity (Wildman–Crippen MR) is 48.8 cm³/mol. The Morgan fingerprint density at radius 2 is 1.82 bits per heavy atom. The molecule has 0 saturated carbocycles. The Morgan fingerprint density at radius 3 is 2.18 bits per heavy atom. The topological polar surface area (TPSA) is 9.23 Å². The maximum atomic E-state index is 4.98. The zero-order chi connectivity index (χ0) is 7.40. The van der Waals surface area contributed by atoms with Crippen LogP contribution < -0.4 is 4.74 Å². The Morgan fingerprint density at radius 1 is 1.27 bits per heavy atom. The molecule has 0 spiro atoms. The minimum atomic E-state index is 0. The third kappa shape index (κ3) is 3.05. The van der Waals surface area contributed by atoms with Crippen molar-refractivity contribution in [1.29, 1.82) is 0 Å². The van der Waals surface area contributed by atoms with Gasteiger partial charge < -0.3 is 4.74 Å². The molecular weight excluding hydrogens is 331 g/mol. The molecule has 2 heteroatoms. The molecule has 0 heterocycles. The summed E-state index contributed by atoms with van der Waals surface area (Å²) in [6.07, 6.45) is 1.80. The summed E-state index contributed by atoms with van der Waals surface area (Å²) in [5.41, 5.74) is 1.11. The third-order valence-corrected chi connectivity index (χ3v) is 1.35. The summed E-state index contributed by atoms with van der Waals surface area (Å²) < 4.78 is 4.98. The van der Waals surface area contributed by atoms with Gasteiger partial charge in [-0.2, -0.15) is 0 Å². The molecule has 56 valence electrons. The first-order valence-electron chi connectivity index (χ1n) is 3.13. The second-order valence-corrected chi connectivity index (χ2v) is 1.98. The van der Waals surface area contributed by atoms with Crippen LogP contribution >= 0.6 is 0 Å². The van der Waals surface area contributed by atoms with Gasteiger partial charge in [0.05, 0.1) is 7.11 Å². The summed E-state index contributed by atoms with van der Waals surface area (Å²) in [5.74, 6) is 0.880. The van der Waals surface area contributed by atoms with Crippen molar-refractivity contribution in [2.75, 3.05) is 7.11 Å². The minimum absolute atomic E-state index is 0. The fourth-order valence-electron chi connectivity index (χ4n) is 0.740. The van der Waals surface area contributed by atoms with Crippen molar-refractivity contribution in [2.24, 2.45) is 0 Å². The standard InChI is InChI=1S/C9H10O.Pb/c1-3-8-4-6-9(10-2)7-5-8;/h3-7H,1H2,2H3;. The van der Waals surface area contributed by atoms with E-state index in [1.54, 1.807) is 13.2 Å². The van der Waals surface area contributed by atoms with Gasteiger partial charge in [0.25, 0.3) is 0 Å². The molecule has 0 aliphatic rings. The van der Waals surface area contributed by atoms with Crippen molar-refractivity contribution >= 4 is 33.4 Å². The van der Waals surface area contributed by atoms with E-state index in [0.29, 0.717) is 0 Å². The smallest absolute Gasteiger partial charge is 0.118 e. The van der Waals surface area contributed by atoms with Crippen LogP contribution in [0.4, 0.5) is 0 Å². The fraction of sp³-hybridized carbons (Fsp3) is 0.111. The summed E-state index contributed by atoms with van der Waals surface area (Å²) >= 11 is 0. The maximum absolute atomic E-state index is 4.98. The van der Waals surface area contributed by atoms with Gasteiger partial charge in [0.1, 0.15) is 5.75 Å². The van der Waals surface area contributed by atoms with Crippen LogP contribution in [0.5, 0.6) is 5.75 Å². The molecule has 0 saturated heterocycles. The monoisotopic (exact) mass is 342 g/mol. The van der Waals surface area contributed by atoms with Gasteiger partial charge in [-0.1, -0.05) is 24.8 Å². The van der Waals surface area contributed by atoms with E-state index in [9.17, 15) is 0 Å². The molecule has 0 unspecified atom stereocenters. The number of methoxy groups -OCH3 is 1. The largest absolute Gasteiger partial charge is 0.497 e. The fourth-order valence-corrected chi connectivity index (χ4v) is 0.740. The van der Waals surface area contributed by atoms with Crippen LogP contribution in [0.3, 0.4) is 0 Å². The Balaban J connectivity index is 0.000001000. The first-order chi connectivity index (χ1) is 4.86. The van der Waals surface area contributed by atoms with Crippen LogP contribution in [0, 0.1) is 0 Å². The van der Waals surface area contributed by atoms with E-state index < -0.39 is 0 Å². The summed E-state index contributed by atoms with van der Waals surface area (Å²) in [7, 11) is 1.66. The molecule has 0 amide bonds. The van der Waals surface area contributed by atoms with Crippen molar-refractivity contribution in [1.82, 2.24) is 0 Å². The predicted octanol–water partition coefficient (Wildman–Crippen LogP) is 1.96. The van der Waals surface area contributed by atoms with E-state index in [-0.39, 0.29) is 27.3 Å². The molecule has 1 aromatic carbocycles. The number of rotatable bonds is 2. The van der Waals surface area contributed by atoms with Crippen molar-refractivity contribution in [3.63, 3.8) is 0 Å². The number of hydrogen-bond donors (Lipinski definition) is 0. The van der Waals surface area contributed by atoms with Crippen molar-refractivity contribution in [3.8, 4) is 5.75 Å². The molecule has 0 aliphatic heterocycles. The first-order valence-corrected chi connectivity index (χ1v) is 3.13. The molecule has 1 aromatic rings. The van der Waals surface area contributed by atoms with E-state index in [0.717, 1.165) is 11.3 Å². The van der Waals surface area contributed by atoms with E-state index in [1.165, 1.54) is 0 Å². The Kier molecular flexibility index (Phi) is 5.19. The van der Waals surface area contributed by atoms with Crippen LogP contribution in [0.1, 0.15) is 5.56 Å². The van der Waals surface area contributed by atoms with Gasteiger partial charge in [0.2, 0.25) is 0 Å². The zero-order valence-electron chi connectivity index (χ0n) is 6.50. The Bertz CT molecular complexity index is 216. The molecule has 0 N–H and O–H groups in total. The van der Waals surface area contributed by atoms with Crippen molar-refractivity contribution < 1.29 is 4.74 Å². The molecule has 1 nitrogen and oxygen atoms in total. The second-order valence-electron chi connectivity index (χ2n) is 1.98. The molecule has 0 fully saturated rings. The second kappa shape index (κ2) is 5.35. The average molecular weight is 341 g/mol. The van der Waals surface area contributed by atoms with Gasteiger partial charge in [-0.15, -0.1) is 0 Å². The van der Waals surface area contributed by atoms with Gasteiger partial charge in [0, 0.05) is 27.3 Å². The number of ether oxygens (including phenoxy) is 1. The summed E-state index contributed by atoms with van der Waals surface area (Å²) in [6, 6.07) is 7.76. The molecule has 4 radical (unpaired) electrons. The maximum Gasteiger partial charge on any atom is 0.118 e. The molecule has 11 heavy (non-hydrogen) atoms. The normalized spacial score (nSPS) is 8.09. The quantitative estimate of drug-likeness (QED) is 0.748. The van der Waals surface area contributed by atoms with Gasteiger partial charge in [-0.3, -0.25) is 0 Å². The molecule has 0 aromatic heterocycles. The molecule has 1 rings (SSSR count). The number of benzene rings is 1. The third-order valence-electron chi connectivity index (χ3n) is 1.35. The minimum Gasteiger partial charge on any atom is -0.497 e. The van der Waals surface area contributed by atoms with Crippen LogP contribution in [-0.4, -0.2) is 34.4 Å². The first kappa shape index (κ1) is 10.7. The zero-order valence-corrected chi connectivity index (χ0v) is 10.4. The van der Waals surface area contributed by atoms with Crippen LogP contribution in [0.2, 0.25) is 0 Å². The molecule has 0 aliphatic carbocycles. The van der Waals surface area contributed by atoms with Crippen molar-refractivity contribution in [3.05, 3.63) is 36.4 Å². The van der Waals surface area contributed by atoms with E-state index in [2.05, 4.69) is 6.58 Å².